The molecule has 6 heteroatoms. The summed E-state index contributed by atoms with van der Waals surface area (Å²) < 4.78 is 22.5. The molecule has 0 heterocycles. The van der Waals surface area contributed by atoms with Crippen molar-refractivity contribution in [3.8, 4) is 11.5 Å². The van der Waals surface area contributed by atoms with Crippen LogP contribution in [0.25, 0.3) is 0 Å². The second-order valence-electron chi connectivity index (χ2n) is 11.2. The van der Waals surface area contributed by atoms with E-state index in [0.717, 1.165) is 56.4 Å². The quantitative estimate of drug-likeness (QED) is 0.117. The molecule has 0 N–H and O–H groups in total. The lowest BCUT2D eigenvalue weighted by Crippen LogP contribution is -2.22. The maximum Gasteiger partial charge on any atom is 0.306 e. The lowest BCUT2D eigenvalue weighted by atomic mass is 9.99. The summed E-state index contributed by atoms with van der Waals surface area (Å²) in [6, 6.07) is 16.3. The molecule has 6 nitrogen and oxygen atoms in total. The SMILES string of the molecule is CCC(C)c1ccc(OCC(C)OC(=O)CCCCCCCC(=O)OC(C)COc2ccc(C(C)CC)cc2)cc1. The third-order valence-corrected chi connectivity index (χ3v) is 7.52. The van der Waals surface area contributed by atoms with Crippen molar-refractivity contribution in [1.82, 2.24) is 0 Å². The molecule has 0 amide bonds. The van der Waals surface area contributed by atoms with Crippen LogP contribution < -0.4 is 9.47 Å². The van der Waals surface area contributed by atoms with Gasteiger partial charge in [0.1, 0.15) is 36.9 Å². The number of hydrogen-bond donors (Lipinski definition) is 0. The molecule has 0 bridgehead atoms. The highest BCUT2D eigenvalue weighted by Gasteiger charge is 2.12. The van der Waals surface area contributed by atoms with E-state index in [1.54, 1.807) is 0 Å². The average molecular weight is 569 g/mol. The minimum atomic E-state index is -0.300. The minimum absolute atomic E-state index is 0.195. The van der Waals surface area contributed by atoms with Crippen molar-refractivity contribution in [2.75, 3.05) is 13.2 Å². The van der Waals surface area contributed by atoms with Gasteiger partial charge >= 0.3 is 11.9 Å². The first-order valence-electron chi connectivity index (χ1n) is 15.6. The monoisotopic (exact) mass is 568 g/mol. The van der Waals surface area contributed by atoms with Crippen LogP contribution >= 0.6 is 0 Å². The second-order valence-corrected chi connectivity index (χ2v) is 11.2. The standard InChI is InChI=1S/C35H52O6/c1-7-26(3)30-16-20-32(21-17-30)38-24-28(5)40-34(36)14-12-10-9-11-13-15-35(37)41-29(6)25-39-33-22-18-31(19-23-33)27(4)8-2/h16-23,26-29H,7-15,24-25H2,1-6H3. The van der Waals surface area contributed by atoms with E-state index in [9.17, 15) is 9.59 Å². The summed E-state index contributed by atoms with van der Waals surface area (Å²) in [5, 5.41) is 0. The topological polar surface area (TPSA) is 71.1 Å². The largest absolute Gasteiger partial charge is 0.490 e. The van der Waals surface area contributed by atoms with Gasteiger partial charge in [0.05, 0.1) is 0 Å². The first-order valence-corrected chi connectivity index (χ1v) is 15.6. The van der Waals surface area contributed by atoms with Crippen molar-refractivity contribution >= 4 is 11.9 Å². The van der Waals surface area contributed by atoms with Gasteiger partial charge in [-0.05, 0) is 86.8 Å². The predicted molar refractivity (Wildman–Crippen MR) is 165 cm³/mol. The zero-order valence-corrected chi connectivity index (χ0v) is 26.2. The van der Waals surface area contributed by atoms with Gasteiger partial charge in [0.2, 0.25) is 0 Å². The van der Waals surface area contributed by atoms with Gasteiger partial charge in [-0.3, -0.25) is 9.59 Å². The summed E-state index contributed by atoms with van der Waals surface area (Å²) in [5.74, 6) is 2.25. The molecule has 0 radical (unpaired) electrons. The fraction of sp³-hybridized carbons (Fsp3) is 0.600. The van der Waals surface area contributed by atoms with Gasteiger partial charge in [-0.2, -0.15) is 0 Å². The molecule has 4 atom stereocenters. The van der Waals surface area contributed by atoms with Crippen LogP contribution in [-0.2, 0) is 19.1 Å². The molecule has 0 aromatic heterocycles. The van der Waals surface area contributed by atoms with E-state index in [1.165, 1.54) is 11.1 Å². The molecule has 0 aliphatic carbocycles. The Labute approximate surface area is 248 Å². The Morgan fingerprint density at radius 2 is 0.902 bits per heavy atom. The van der Waals surface area contributed by atoms with Gasteiger partial charge in [0.15, 0.2) is 0 Å². The summed E-state index contributed by atoms with van der Waals surface area (Å²) in [6.45, 7) is 13.1. The third-order valence-electron chi connectivity index (χ3n) is 7.52. The fourth-order valence-electron chi connectivity index (χ4n) is 4.39. The molecular formula is C35H52O6. The Morgan fingerprint density at radius 1 is 0.561 bits per heavy atom. The molecule has 0 fully saturated rings. The van der Waals surface area contributed by atoms with Crippen LogP contribution in [-0.4, -0.2) is 37.4 Å². The van der Waals surface area contributed by atoms with E-state index >= 15 is 0 Å². The molecule has 0 aliphatic rings. The van der Waals surface area contributed by atoms with Gasteiger partial charge < -0.3 is 18.9 Å². The summed E-state index contributed by atoms with van der Waals surface area (Å²) in [5.41, 5.74) is 2.60. The van der Waals surface area contributed by atoms with Crippen LogP contribution in [0.4, 0.5) is 0 Å². The first-order chi connectivity index (χ1) is 19.7. The van der Waals surface area contributed by atoms with Gasteiger partial charge in [0, 0.05) is 12.8 Å². The highest BCUT2D eigenvalue weighted by Crippen LogP contribution is 2.23. The van der Waals surface area contributed by atoms with Crippen molar-refractivity contribution in [2.45, 2.75) is 123 Å². The molecule has 41 heavy (non-hydrogen) atoms. The van der Waals surface area contributed by atoms with Crippen molar-refractivity contribution in [2.24, 2.45) is 0 Å². The maximum atomic E-state index is 12.1. The lowest BCUT2D eigenvalue weighted by Gasteiger charge is -2.15. The van der Waals surface area contributed by atoms with E-state index in [0.29, 0.717) is 37.9 Å². The van der Waals surface area contributed by atoms with Crippen molar-refractivity contribution < 1.29 is 28.5 Å². The normalized spacial score (nSPS) is 14.0. The van der Waals surface area contributed by atoms with Crippen LogP contribution in [0.2, 0.25) is 0 Å². The van der Waals surface area contributed by atoms with Gasteiger partial charge in [-0.1, -0.05) is 71.2 Å². The average Bonchev–Trinajstić information content (AvgIpc) is 2.98. The number of carbonyl (C=O) groups is 2. The van der Waals surface area contributed by atoms with E-state index < -0.39 is 0 Å². The third kappa shape index (κ3) is 13.9. The van der Waals surface area contributed by atoms with Gasteiger partial charge in [-0.15, -0.1) is 0 Å². The van der Waals surface area contributed by atoms with Crippen molar-refractivity contribution in [3.63, 3.8) is 0 Å². The van der Waals surface area contributed by atoms with Crippen LogP contribution in [0.15, 0.2) is 48.5 Å². The molecule has 2 aromatic rings. The van der Waals surface area contributed by atoms with E-state index in [-0.39, 0.29) is 24.1 Å². The maximum absolute atomic E-state index is 12.1. The van der Waals surface area contributed by atoms with Gasteiger partial charge in [-0.25, -0.2) is 0 Å². The zero-order chi connectivity index (χ0) is 30.0. The summed E-state index contributed by atoms with van der Waals surface area (Å²) >= 11 is 0. The highest BCUT2D eigenvalue weighted by molar-refractivity contribution is 5.69. The van der Waals surface area contributed by atoms with E-state index in [4.69, 9.17) is 18.9 Å². The molecule has 228 valence electrons. The summed E-state index contributed by atoms with van der Waals surface area (Å²) in [7, 11) is 0. The highest BCUT2D eigenvalue weighted by atomic mass is 16.6. The number of unbranched alkanes of at least 4 members (excludes halogenated alkanes) is 4. The number of esters is 2. The van der Waals surface area contributed by atoms with Crippen molar-refractivity contribution in [1.29, 1.82) is 0 Å². The Morgan fingerprint density at radius 3 is 1.24 bits per heavy atom. The number of ether oxygens (including phenoxy) is 4. The van der Waals surface area contributed by atoms with Gasteiger partial charge in [0.25, 0.3) is 0 Å². The molecule has 0 saturated carbocycles. The predicted octanol–water partition coefficient (Wildman–Crippen LogP) is 8.77. The fourth-order valence-corrected chi connectivity index (χ4v) is 4.39. The number of carbonyl (C=O) groups excluding carboxylic acids is 2. The Kier molecular flexibility index (Phi) is 16.0. The molecule has 2 rings (SSSR count). The number of rotatable bonds is 20. The van der Waals surface area contributed by atoms with Crippen LogP contribution in [0.1, 0.15) is 122 Å². The van der Waals surface area contributed by atoms with E-state index in [1.807, 2.05) is 38.1 Å². The molecule has 4 unspecified atom stereocenters. The summed E-state index contributed by atoms with van der Waals surface area (Å²) in [6.07, 6.45) is 6.78. The lowest BCUT2D eigenvalue weighted by molar-refractivity contribution is -0.150. The molecule has 0 aliphatic heterocycles. The first kappa shape index (κ1) is 34.2. The summed E-state index contributed by atoms with van der Waals surface area (Å²) in [4.78, 5) is 24.3. The van der Waals surface area contributed by atoms with Crippen LogP contribution in [0.5, 0.6) is 11.5 Å². The Balaban J connectivity index is 1.47. The molecular weight excluding hydrogens is 516 g/mol. The zero-order valence-electron chi connectivity index (χ0n) is 26.2. The van der Waals surface area contributed by atoms with Crippen molar-refractivity contribution in [3.05, 3.63) is 59.7 Å². The number of benzene rings is 2. The molecule has 0 saturated heterocycles. The van der Waals surface area contributed by atoms with Crippen LogP contribution in [0.3, 0.4) is 0 Å². The van der Waals surface area contributed by atoms with Crippen LogP contribution in [0, 0.1) is 0 Å². The second kappa shape index (κ2) is 19.2. The molecule has 0 spiro atoms. The Bertz CT molecular complexity index is 919. The smallest absolute Gasteiger partial charge is 0.306 e. The minimum Gasteiger partial charge on any atom is -0.490 e. The van der Waals surface area contributed by atoms with E-state index in [2.05, 4.69) is 52.0 Å². The Hall–Kier alpha value is -3.02. The molecule has 2 aromatic carbocycles. The number of hydrogen-bond acceptors (Lipinski definition) is 6.